The summed E-state index contributed by atoms with van der Waals surface area (Å²) < 4.78 is 21.6. The summed E-state index contributed by atoms with van der Waals surface area (Å²) in [6, 6.07) is 15.5. The number of para-hydroxylation sites is 1. The van der Waals surface area contributed by atoms with Crippen LogP contribution in [-0.2, 0) is 4.74 Å². The number of fused-ring (bicyclic) bond motifs is 1. The average Bonchev–Trinajstić information content (AvgIpc) is 2.66. The maximum Gasteiger partial charge on any atom is 0.374 e. The molecule has 1 aromatic heterocycles. The van der Waals surface area contributed by atoms with Gasteiger partial charge in [0.05, 0.1) is 6.61 Å². The molecule has 2 aromatic carbocycles. The second kappa shape index (κ2) is 8.20. The third kappa shape index (κ3) is 4.03. The molecule has 0 saturated heterocycles. The van der Waals surface area contributed by atoms with Gasteiger partial charge in [0.15, 0.2) is 5.43 Å². The van der Waals surface area contributed by atoms with Crippen molar-refractivity contribution in [2.24, 2.45) is 0 Å². The van der Waals surface area contributed by atoms with Gasteiger partial charge in [0.1, 0.15) is 35.7 Å². The lowest BCUT2D eigenvalue weighted by Crippen LogP contribution is -2.13. The van der Waals surface area contributed by atoms with Crippen LogP contribution < -0.4 is 14.9 Å². The lowest BCUT2D eigenvalue weighted by atomic mass is 10.2. The summed E-state index contributed by atoms with van der Waals surface area (Å²) >= 11 is 0. The van der Waals surface area contributed by atoms with Crippen LogP contribution in [0.5, 0.6) is 11.5 Å². The molecule has 26 heavy (non-hydrogen) atoms. The van der Waals surface area contributed by atoms with E-state index in [0.29, 0.717) is 12.4 Å². The van der Waals surface area contributed by atoms with E-state index in [-0.39, 0.29) is 35.4 Å². The summed E-state index contributed by atoms with van der Waals surface area (Å²) in [6.07, 6.45) is 0. The molecular weight excluding hydrogens is 336 g/mol. The van der Waals surface area contributed by atoms with E-state index >= 15 is 0 Å². The Hall–Kier alpha value is -3.28. The number of rotatable bonds is 7. The molecule has 134 valence electrons. The zero-order chi connectivity index (χ0) is 18.4. The topological polar surface area (TPSA) is 75.0 Å². The molecule has 0 atom stereocenters. The highest BCUT2D eigenvalue weighted by atomic mass is 16.5. The monoisotopic (exact) mass is 354 g/mol. The molecule has 0 fully saturated rings. The first-order chi connectivity index (χ1) is 12.7. The molecule has 3 aromatic rings. The van der Waals surface area contributed by atoms with Crippen molar-refractivity contribution in [1.29, 1.82) is 0 Å². The lowest BCUT2D eigenvalue weighted by molar-refractivity contribution is 0.0490. The third-order valence-corrected chi connectivity index (χ3v) is 3.55. The van der Waals surface area contributed by atoms with Crippen molar-refractivity contribution in [1.82, 2.24) is 0 Å². The zero-order valence-corrected chi connectivity index (χ0v) is 14.3. The van der Waals surface area contributed by atoms with Crippen LogP contribution in [0.15, 0.2) is 63.8 Å². The molecule has 0 spiro atoms. The minimum absolute atomic E-state index is 0.131. The summed E-state index contributed by atoms with van der Waals surface area (Å²) in [5, 5.41) is 0.278. The minimum atomic E-state index is -0.672. The van der Waals surface area contributed by atoms with Crippen molar-refractivity contribution in [3.63, 3.8) is 0 Å². The van der Waals surface area contributed by atoms with E-state index in [9.17, 15) is 9.59 Å². The van der Waals surface area contributed by atoms with Gasteiger partial charge < -0.3 is 18.6 Å². The Balaban J connectivity index is 1.74. The molecule has 3 rings (SSSR count). The van der Waals surface area contributed by atoms with E-state index in [1.54, 1.807) is 25.1 Å². The van der Waals surface area contributed by atoms with Crippen molar-refractivity contribution >= 4 is 16.9 Å². The SMILES string of the molecule is CCOC(=O)c1cc(=O)c2c(OCCOc3ccccc3)cccc2o1. The number of carbonyl (C=O) groups excluding carboxylic acids is 1. The normalized spacial score (nSPS) is 10.5. The number of hydrogen-bond donors (Lipinski definition) is 0. The van der Waals surface area contributed by atoms with Crippen molar-refractivity contribution in [3.8, 4) is 11.5 Å². The smallest absolute Gasteiger partial charge is 0.374 e. The maximum absolute atomic E-state index is 12.4. The highest BCUT2D eigenvalue weighted by Crippen LogP contribution is 2.23. The van der Waals surface area contributed by atoms with Gasteiger partial charge in [0.2, 0.25) is 5.76 Å². The highest BCUT2D eigenvalue weighted by molar-refractivity contribution is 5.90. The zero-order valence-electron chi connectivity index (χ0n) is 14.3. The second-order valence-electron chi connectivity index (χ2n) is 5.33. The quantitative estimate of drug-likeness (QED) is 0.478. The fraction of sp³-hybridized carbons (Fsp3) is 0.200. The van der Waals surface area contributed by atoms with Gasteiger partial charge in [-0.2, -0.15) is 0 Å². The van der Waals surface area contributed by atoms with Gasteiger partial charge in [-0.3, -0.25) is 4.79 Å². The summed E-state index contributed by atoms with van der Waals surface area (Å²) in [4.78, 5) is 24.2. The Bertz CT molecular complexity index is 945. The van der Waals surface area contributed by atoms with Gasteiger partial charge in [-0.25, -0.2) is 4.79 Å². The predicted molar refractivity (Wildman–Crippen MR) is 95.9 cm³/mol. The molecule has 0 N–H and O–H groups in total. The van der Waals surface area contributed by atoms with Crippen LogP contribution in [0, 0.1) is 0 Å². The molecule has 0 aliphatic carbocycles. The summed E-state index contributed by atoms with van der Waals surface area (Å²) in [6.45, 7) is 2.46. The summed E-state index contributed by atoms with van der Waals surface area (Å²) in [5.74, 6) is 0.318. The average molecular weight is 354 g/mol. The van der Waals surface area contributed by atoms with Crippen LogP contribution in [0.1, 0.15) is 17.5 Å². The molecular formula is C20H18O6. The molecule has 6 nitrogen and oxygen atoms in total. The number of carbonyl (C=O) groups is 1. The van der Waals surface area contributed by atoms with E-state index in [4.69, 9.17) is 18.6 Å². The first-order valence-corrected chi connectivity index (χ1v) is 8.23. The fourth-order valence-corrected chi connectivity index (χ4v) is 2.43. The Labute approximate surface area is 149 Å². The third-order valence-electron chi connectivity index (χ3n) is 3.55. The molecule has 0 aliphatic heterocycles. The van der Waals surface area contributed by atoms with E-state index in [1.807, 2.05) is 30.3 Å². The largest absolute Gasteiger partial charge is 0.490 e. The Kier molecular flexibility index (Phi) is 5.53. The van der Waals surface area contributed by atoms with E-state index < -0.39 is 5.97 Å². The van der Waals surface area contributed by atoms with Crippen LogP contribution >= 0.6 is 0 Å². The molecule has 0 aliphatic rings. The second-order valence-corrected chi connectivity index (χ2v) is 5.33. The van der Waals surface area contributed by atoms with Gasteiger partial charge in [0.25, 0.3) is 0 Å². The van der Waals surface area contributed by atoms with Crippen LogP contribution in [-0.4, -0.2) is 25.8 Å². The summed E-state index contributed by atoms with van der Waals surface area (Å²) in [7, 11) is 0. The van der Waals surface area contributed by atoms with E-state index in [0.717, 1.165) is 11.8 Å². The standard InChI is InChI=1S/C20H18O6/c1-2-23-20(22)18-13-15(21)19-16(9-6-10-17(19)26-18)25-12-11-24-14-7-4-3-5-8-14/h3-10,13H,2,11-12H2,1H3. The maximum atomic E-state index is 12.4. The molecule has 0 unspecified atom stereocenters. The Morgan fingerprint density at radius 2 is 1.77 bits per heavy atom. The molecule has 0 radical (unpaired) electrons. The first-order valence-electron chi connectivity index (χ1n) is 8.23. The lowest BCUT2D eigenvalue weighted by Gasteiger charge is -2.10. The van der Waals surface area contributed by atoms with E-state index in [1.165, 1.54) is 0 Å². The van der Waals surface area contributed by atoms with Gasteiger partial charge in [-0.15, -0.1) is 0 Å². The van der Waals surface area contributed by atoms with Gasteiger partial charge >= 0.3 is 5.97 Å². The number of benzene rings is 2. The van der Waals surface area contributed by atoms with E-state index in [2.05, 4.69) is 0 Å². The molecule has 0 amide bonds. The molecule has 0 bridgehead atoms. The van der Waals surface area contributed by atoms with Crippen LogP contribution in [0.25, 0.3) is 11.0 Å². The van der Waals surface area contributed by atoms with Crippen LogP contribution in [0.2, 0.25) is 0 Å². The number of esters is 1. The summed E-state index contributed by atoms with van der Waals surface area (Å²) in [5.41, 5.74) is -0.101. The van der Waals surface area contributed by atoms with Gasteiger partial charge in [-0.05, 0) is 31.2 Å². The predicted octanol–water partition coefficient (Wildman–Crippen LogP) is 3.43. The highest BCUT2D eigenvalue weighted by Gasteiger charge is 2.15. The van der Waals surface area contributed by atoms with Crippen molar-refractivity contribution in [2.75, 3.05) is 19.8 Å². The molecule has 0 saturated carbocycles. The first kappa shape index (κ1) is 17.5. The van der Waals surface area contributed by atoms with Gasteiger partial charge in [-0.1, -0.05) is 24.3 Å². The number of ether oxygens (including phenoxy) is 3. The number of hydrogen-bond acceptors (Lipinski definition) is 6. The Morgan fingerprint density at radius 3 is 2.54 bits per heavy atom. The van der Waals surface area contributed by atoms with Crippen molar-refractivity contribution in [2.45, 2.75) is 6.92 Å². The molecule has 6 heteroatoms. The van der Waals surface area contributed by atoms with Gasteiger partial charge in [0, 0.05) is 6.07 Å². The van der Waals surface area contributed by atoms with Crippen molar-refractivity contribution < 1.29 is 23.4 Å². The van der Waals surface area contributed by atoms with Crippen molar-refractivity contribution in [3.05, 3.63) is 70.6 Å². The Morgan fingerprint density at radius 1 is 1.00 bits per heavy atom. The minimum Gasteiger partial charge on any atom is -0.490 e. The molecule has 1 heterocycles. The van der Waals surface area contributed by atoms with Crippen LogP contribution in [0.4, 0.5) is 0 Å². The van der Waals surface area contributed by atoms with Crippen LogP contribution in [0.3, 0.4) is 0 Å². The fourth-order valence-electron chi connectivity index (χ4n) is 2.43.